The molecule has 0 atom stereocenters. The number of anilines is 3. The van der Waals surface area contributed by atoms with Crippen molar-refractivity contribution in [1.82, 2.24) is 5.32 Å². The van der Waals surface area contributed by atoms with E-state index < -0.39 is 0 Å². The molecule has 0 saturated carbocycles. The molecule has 1 aliphatic heterocycles. The third-order valence-corrected chi connectivity index (χ3v) is 5.60. The number of benzene rings is 2. The summed E-state index contributed by atoms with van der Waals surface area (Å²) >= 11 is 0. The maximum absolute atomic E-state index is 13.0. The van der Waals surface area contributed by atoms with E-state index in [2.05, 4.69) is 41.6 Å². The molecule has 6 nitrogen and oxygen atoms in total. The first-order valence-electron chi connectivity index (χ1n) is 11.1. The lowest BCUT2D eigenvalue weighted by Crippen LogP contribution is -2.35. The van der Waals surface area contributed by atoms with Crippen LogP contribution in [0.1, 0.15) is 49.5 Å². The van der Waals surface area contributed by atoms with Gasteiger partial charge >= 0.3 is 6.03 Å². The SMILES string of the molecule is Cc1ccc(NC(=O)Nc2ccc(N3CCC(C)CC3)c(C(=O)NCC(C)C)c2)cc1. The molecule has 0 radical (unpaired) electrons. The second-order valence-corrected chi connectivity index (χ2v) is 8.95. The van der Waals surface area contributed by atoms with Crippen LogP contribution in [0.2, 0.25) is 0 Å². The van der Waals surface area contributed by atoms with E-state index >= 15 is 0 Å². The van der Waals surface area contributed by atoms with Crippen LogP contribution in [0.25, 0.3) is 0 Å². The van der Waals surface area contributed by atoms with Crippen molar-refractivity contribution in [3.63, 3.8) is 0 Å². The molecule has 2 aromatic carbocycles. The van der Waals surface area contributed by atoms with Crippen LogP contribution in [0, 0.1) is 18.8 Å². The minimum atomic E-state index is -0.336. The van der Waals surface area contributed by atoms with Crippen molar-refractivity contribution < 1.29 is 9.59 Å². The molecule has 1 heterocycles. The number of rotatable bonds is 6. The Kier molecular flexibility index (Phi) is 7.55. The summed E-state index contributed by atoms with van der Waals surface area (Å²) in [4.78, 5) is 27.7. The smallest absolute Gasteiger partial charge is 0.323 e. The van der Waals surface area contributed by atoms with Gasteiger partial charge in [0.15, 0.2) is 0 Å². The van der Waals surface area contributed by atoms with Gasteiger partial charge < -0.3 is 20.9 Å². The number of amides is 3. The average Bonchev–Trinajstić information content (AvgIpc) is 2.74. The normalized spacial score (nSPS) is 14.4. The largest absolute Gasteiger partial charge is 0.371 e. The quantitative estimate of drug-likeness (QED) is 0.594. The van der Waals surface area contributed by atoms with Crippen LogP contribution in [-0.4, -0.2) is 31.6 Å². The molecular weight excluding hydrogens is 388 g/mol. The van der Waals surface area contributed by atoms with E-state index in [1.54, 1.807) is 6.07 Å². The highest BCUT2D eigenvalue weighted by Gasteiger charge is 2.22. The Hall–Kier alpha value is -3.02. The van der Waals surface area contributed by atoms with E-state index in [4.69, 9.17) is 0 Å². The molecule has 31 heavy (non-hydrogen) atoms. The van der Waals surface area contributed by atoms with Gasteiger partial charge in [0.25, 0.3) is 5.91 Å². The molecule has 1 fully saturated rings. The fourth-order valence-corrected chi connectivity index (χ4v) is 3.64. The molecule has 2 aromatic rings. The van der Waals surface area contributed by atoms with Crippen molar-refractivity contribution in [3.05, 3.63) is 53.6 Å². The van der Waals surface area contributed by atoms with Gasteiger partial charge in [-0.2, -0.15) is 0 Å². The first-order chi connectivity index (χ1) is 14.8. The van der Waals surface area contributed by atoms with E-state index in [0.717, 1.165) is 42.9 Å². The Morgan fingerprint density at radius 1 is 1.00 bits per heavy atom. The second kappa shape index (κ2) is 10.3. The molecule has 6 heteroatoms. The lowest BCUT2D eigenvalue weighted by Gasteiger charge is -2.33. The molecule has 1 aliphatic rings. The lowest BCUT2D eigenvalue weighted by molar-refractivity contribution is 0.0949. The summed E-state index contributed by atoms with van der Waals surface area (Å²) in [5.41, 5.74) is 3.97. The van der Waals surface area contributed by atoms with E-state index in [9.17, 15) is 9.59 Å². The van der Waals surface area contributed by atoms with E-state index in [-0.39, 0.29) is 11.9 Å². The van der Waals surface area contributed by atoms with Crippen LogP contribution in [-0.2, 0) is 0 Å². The Morgan fingerprint density at radius 3 is 2.26 bits per heavy atom. The van der Waals surface area contributed by atoms with Crippen molar-refractivity contribution in [2.45, 2.75) is 40.5 Å². The molecule has 0 aliphatic carbocycles. The third-order valence-electron chi connectivity index (χ3n) is 5.60. The predicted molar refractivity (Wildman–Crippen MR) is 128 cm³/mol. The van der Waals surface area contributed by atoms with Crippen molar-refractivity contribution >= 4 is 29.0 Å². The van der Waals surface area contributed by atoms with Gasteiger partial charge in [-0.05, 0) is 61.9 Å². The van der Waals surface area contributed by atoms with Crippen molar-refractivity contribution in [2.75, 3.05) is 35.2 Å². The highest BCUT2D eigenvalue weighted by atomic mass is 16.2. The molecule has 1 saturated heterocycles. The Labute approximate surface area is 185 Å². The number of hydrogen-bond donors (Lipinski definition) is 3. The van der Waals surface area contributed by atoms with E-state index in [1.807, 2.05) is 43.3 Å². The van der Waals surface area contributed by atoms with Crippen LogP contribution < -0.4 is 20.9 Å². The molecule has 0 aromatic heterocycles. The summed E-state index contributed by atoms with van der Waals surface area (Å²) in [6.07, 6.45) is 2.23. The van der Waals surface area contributed by atoms with Crippen molar-refractivity contribution in [3.8, 4) is 0 Å². The molecule has 0 unspecified atom stereocenters. The van der Waals surface area contributed by atoms with Crippen molar-refractivity contribution in [1.29, 1.82) is 0 Å². The zero-order valence-electron chi connectivity index (χ0n) is 19.0. The van der Waals surface area contributed by atoms with Gasteiger partial charge in [-0.1, -0.05) is 38.5 Å². The number of carbonyl (C=O) groups is 2. The predicted octanol–water partition coefficient (Wildman–Crippen LogP) is 5.26. The van der Waals surface area contributed by atoms with Gasteiger partial charge in [-0.3, -0.25) is 4.79 Å². The standard InChI is InChI=1S/C25H34N4O2/c1-17(2)16-26-24(30)22-15-21(9-10-23(22)29-13-11-19(4)12-14-29)28-25(31)27-20-7-5-18(3)6-8-20/h5-10,15,17,19H,11-14,16H2,1-4H3,(H,26,30)(H2,27,28,31). The van der Waals surface area contributed by atoms with E-state index in [0.29, 0.717) is 29.6 Å². The van der Waals surface area contributed by atoms with Crippen LogP contribution in [0.15, 0.2) is 42.5 Å². The number of carbonyl (C=O) groups excluding carboxylic acids is 2. The number of nitrogens with zero attached hydrogens (tertiary/aromatic N) is 1. The van der Waals surface area contributed by atoms with Crippen LogP contribution in [0.4, 0.5) is 21.9 Å². The number of piperidine rings is 1. The maximum atomic E-state index is 13.0. The topological polar surface area (TPSA) is 73.5 Å². The zero-order chi connectivity index (χ0) is 22.4. The number of aryl methyl sites for hydroxylation is 1. The average molecular weight is 423 g/mol. The summed E-state index contributed by atoms with van der Waals surface area (Å²) in [6.45, 7) is 10.9. The van der Waals surface area contributed by atoms with Crippen LogP contribution in [0.3, 0.4) is 0 Å². The summed E-state index contributed by atoms with van der Waals surface area (Å²) in [5.74, 6) is 0.968. The second-order valence-electron chi connectivity index (χ2n) is 8.95. The van der Waals surface area contributed by atoms with Gasteiger partial charge in [0, 0.05) is 36.7 Å². The molecule has 3 N–H and O–H groups in total. The summed E-state index contributed by atoms with van der Waals surface area (Å²) in [6, 6.07) is 12.9. The molecule has 3 rings (SSSR count). The zero-order valence-corrected chi connectivity index (χ0v) is 19.0. The third kappa shape index (κ3) is 6.48. The summed E-state index contributed by atoms with van der Waals surface area (Å²) in [5, 5.41) is 8.70. The summed E-state index contributed by atoms with van der Waals surface area (Å²) < 4.78 is 0. The number of urea groups is 1. The first kappa shape index (κ1) is 22.7. The molecule has 3 amide bonds. The van der Waals surface area contributed by atoms with Gasteiger partial charge in [0.05, 0.1) is 5.56 Å². The van der Waals surface area contributed by atoms with Crippen LogP contribution >= 0.6 is 0 Å². The fourth-order valence-electron chi connectivity index (χ4n) is 3.64. The maximum Gasteiger partial charge on any atom is 0.323 e. The van der Waals surface area contributed by atoms with E-state index in [1.165, 1.54) is 0 Å². The van der Waals surface area contributed by atoms with Gasteiger partial charge in [0.1, 0.15) is 0 Å². The Morgan fingerprint density at radius 2 is 1.61 bits per heavy atom. The van der Waals surface area contributed by atoms with Gasteiger partial charge in [0.2, 0.25) is 0 Å². The monoisotopic (exact) mass is 422 g/mol. The highest BCUT2D eigenvalue weighted by Crippen LogP contribution is 2.29. The summed E-state index contributed by atoms with van der Waals surface area (Å²) in [7, 11) is 0. The minimum Gasteiger partial charge on any atom is -0.371 e. The minimum absolute atomic E-state index is 0.107. The first-order valence-corrected chi connectivity index (χ1v) is 11.1. The number of hydrogen-bond acceptors (Lipinski definition) is 3. The van der Waals surface area contributed by atoms with Gasteiger partial charge in [-0.15, -0.1) is 0 Å². The Balaban J connectivity index is 1.77. The fraction of sp³-hybridized carbons (Fsp3) is 0.440. The van der Waals surface area contributed by atoms with Gasteiger partial charge in [-0.25, -0.2) is 4.79 Å². The van der Waals surface area contributed by atoms with Crippen molar-refractivity contribution in [2.24, 2.45) is 11.8 Å². The number of nitrogens with one attached hydrogen (secondary N) is 3. The molecule has 166 valence electrons. The molecule has 0 spiro atoms. The molecule has 0 bridgehead atoms. The highest BCUT2D eigenvalue weighted by molar-refractivity contribution is 6.04. The Bertz CT molecular complexity index is 900. The lowest BCUT2D eigenvalue weighted by atomic mass is 9.97. The van der Waals surface area contributed by atoms with Crippen LogP contribution in [0.5, 0.6) is 0 Å². The molecular formula is C25H34N4O2.